The Morgan fingerprint density at radius 3 is 2.71 bits per heavy atom. The number of carbonyl (C=O) groups excluding carboxylic acids is 2. The van der Waals surface area contributed by atoms with Crippen molar-refractivity contribution in [2.75, 3.05) is 0 Å². The molecule has 0 atom stereocenters. The third kappa shape index (κ3) is 2.91. The van der Waals surface area contributed by atoms with E-state index in [1.807, 2.05) is 12.1 Å². The summed E-state index contributed by atoms with van der Waals surface area (Å²) < 4.78 is 0.767. The fourth-order valence-electron chi connectivity index (χ4n) is 1.82. The van der Waals surface area contributed by atoms with Gasteiger partial charge in [0, 0.05) is 14.9 Å². The molecule has 4 nitrogen and oxygen atoms in total. The van der Waals surface area contributed by atoms with Crippen LogP contribution in [0.1, 0.15) is 20.7 Å². The maximum absolute atomic E-state index is 12.0. The molecule has 0 saturated heterocycles. The summed E-state index contributed by atoms with van der Waals surface area (Å²) in [7, 11) is 0. The van der Waals surface area contributed by atoms with Crippen LogP contribution in [0.15, 0.2) is 63.1 Å². The quantitative estimate of drug-likeness (QED) is 0.601. The molecule has 0 radical (unpaired) electrons. The van der Waals surface area contributed by atoms with Crippen LogP contribution in [0.4, 0.5) is 0 Å². The van der Waals surface area contributed by atoms with E-state index in [1.54, 1.807) is 36.4 Å². The number of oxime groups is 1. The third-order valence-corrected chi connectivity index (χ3v) is 4.33. The molecule has 0 amide bonds. The molecule has 1 heterocycles. The lowest BCUT2D eigenvalue weighted by atomic mass is 10.1. The molecule has 0 fully saturated rings. The molecular weight excluding hydrogens is 354 g/mol. The maximum Gasteiger partial charge on any atom is 0.365 e. The Hall–Kier alpha value is -1.92. The van der Waals surface area contributed by atoms with Gasteiger partial charge in [-0.1, -0.05) is 51.0 Å². The molecule has 0 unspecified atom stereocenters. The number of hydrogen-bond donors (Lipinski definition) is 0. The zero-order valence-electron chi connectivity index (χ0n) is 10.6. The smallest absolute Gasteiger partial charge is 0.312 e. The summed E-state index contributed by atoms with van der Waals surface area (Å²) in [6.07, 6.45) is 0. The monoisotopic (exact) mass is 361 g/mol. The molecule has 104 valence electrons. The average molecular weight is 362 g/mol. The Balaban J connectivity index is 1.76. The lowest BCUT2D eigenvalue weighted by Gasteiger charge is -1.99. The van der Waals surface area contributed by atoms with Gasteiger partial charge in [0.05, 0.1) is 5.56 Å². The fraction of sp³-hybridized carbons (Fsp3) is 0. The van der Waals surface area contributed by atoms with Crippen molar-refractivity contribution in [3.05, 3.63) is 64.1 Å². The Kier molecular flexibility index (Phi) is 3.90. The van der Waals surface area contributed by atoms with Crippen LogP contribution >= 0.6 is 27.7 Å². The summed E-state index contributed by atoms with van der Waals surface area (Å²) in [6.45, 7) is 0. The van der Waals surface area contributed by atoms with Crippen LogP contribution in [0.5, 0.6) is 0 Å². The fourth-order valence-corrected chi connectivity index (χ4v) is 3.12. The summed E-state index contributed by atoms with van der Waals surface area (Å²) in [5.41, 5.74) is 0.946. The number of ketones is 1. The number of nitrogens with zero attached hydrogens (tertiary/aromatic N) is 1. The van der Waals surface area contributed by atoms with E-state index in [-0.39, 0.29) is 10.8 Å². The van der Waals surface area contributed by atoms with Crippen molar-refractivity contribution >= 4 is 44.5 Å². The van der Waals surface area contributed by atoms with E-state index in [0.717, 1.165) is 9.37 Å². The molecule has 0 N–H and O–H groups in total. The number of Topliss-reactive ketones (excluding diaryl/α,β-unsaturated/α-hetero) is 1. The molecule has 1 aliphatic rings. The van der Waals surface area contributed by atoms with Gasteiger partial charge in [-0.2, -0.15) is 0 Å². The Bertz CT molecular complexity index is 773. The molecule has 0 saturated carbocycles. The van der Waals surface area contributed by atoms with E-state index in [9.17, 15) is 9.59 Å². The average Bonchev–Trinajstić information content (AvgIpc) is 2.82. The van der Waals surface area contributed by atoms with E-state index in [2.05, 4.69) is 21.1 Å². The highest BCUT2D eigenvalue weighted by molar-refractivity contribution is 9.10. The maximum atomic E-state index is 12.0. The number of fused-ring (bicyclic) bond motifs is 1. The van der Waals surface area contributed by atoms with E-state index < -0.39 is 5.97 Å². The van der Waals surface area contributed by atoms with Gasteiger partial charge >= 0.3 is 5.97 Å². The zero-order valence-corrected chi connectivity index (χ0v) is 13.0. The lowest BCUT2D eigenvalue weighted by Crippen LogP contribution is -2.07. The van der Waals surface area contributed by atoms with Gasteiger partial charge < -0.3 is 4.84 Å². The highest BCUT2D eigenvalue weighted by Gasteiger charge is 2.28. The van der Waals surface area contributed by atoms with Crippen molar-refractivity contribution in [1.82, 2.24) is 0 Å². The molecule has 2 aromatic carbocycles. The van der Waals surface area contributed by atoms with E-state index in [0.29, 0.717) is 11.1 Å². The highest BCUT2D eigenvalue weighted by Crippen LogP contribution is 2.33. The Labute approximate surface area is 133 Å². The summed E-state index contributed by atoms with van der Waals surface area (Å²) in [5.74, 6) is -0.828. The molecule has 0 spiro atoms. The number of halogens is 1. The number of hydrogen-bond acceptors (Lipinski definition) is 5. The zero-order chi connectivity index (χ0) is 14.8. The number of rotatable bonds is 2. The molecular formula is C15H8BrNO3S. The number of carbonyl (C=O) groups is 2. The third-order valence-electron chi connectivity index (χ3n) is 2.80. The van der Waals surface area contributed by atoms with Crippen LogP contribution in [-0.2, 0) is 4.84 Å². The standard InChI is InChI=1S/C15H8BrNO3S/c16-10-5-3-4-9(8-10)15(19)20-17-14-13(18)11-6-1-2-7-12(11)21-14/h1-8H/b17-14+. The molecule has 21 heavy (non-hydrogen) atoms. The van der Waals surface area contributed by atoms with Crippen LogP contribution in [0.2, 0.25) is 0 Å². The first-order valence-corrected chi connectivity index (χ1v) is 7.62. The van der Waals surface area contributed by atoms with Gasteiger partial charge in [0.25, 0.3) is 0 Å². The van der Waals surface area contributed by atoms with Crippen molar-refractivity contribution < 1.29 is 14.4 Å². The van der Waals surface area contributed by atoms with Crippen molar-refractivity contribution in [2.24, 2.45) is 5.16 Å². The van der Waals surface area contributed by atoms with Crippen LogP contribution < -0.4 is 0 Å². The normalized spacial score (nSPS) is 15.1. The molecule has 1 aliphatic heterocycles. The van der Waals surface area contributed by atoms with Gasteiger partial charge in [0.2, 0.25) is 5.78 Å². The lowest BCUT2D eigenvalue weighted by molar-refractivity contribution is 0.0517. The topological polar surface area (TPSA) is 55.7 Å². The van der Waals surface area contributed by atoms with Crippen molar-refractivity contribution in [2.45, 2.75) is 4.90 Å². The van der Waals surface area contributed by atoms with Crippen molar-refractivity contribution in [3.8, 4) is 0 Å². The minimum atomic E-state index is -0.604. The second-order valence-electron chi connectivity index (χ2n) is 4.21. The SMILES string of the molecule is O=C(O/N=C1/Sc2ccccc2C1=O)c1cccc(Br)c1. The van der Waals surface area contributed by atoms with Crippen LogP contribution in [0.3, 0.4) is 0 Å². The molecule has 3 rings (SSSR count). The van der Waals surface area contributed by atoms with Gasteiger partial charge in [-0.05, 0) is 30.3 Å². The van der Waals surface area contributed by atoms with Crippen molar-refractivity contribution in [1.29, 1.82) is 0 Å². The first-order chi connectivity index (χ1) is 10.1. The van der Waals surface area contributed by atoms with Gasteiger partial charge in [0.15, 0.2) is 5.04 Å². The van der Waals surface area contributed by atoms with Crippen LogP contribution in [0, 0.1) is 0 Å². The summed E-state index contributed by atoms with van der Waals surface area (Å²) in [6, 6.07) is 13.9. The number of benzene rings is 2. The van der Waals surface area contributed by atoms with Gasteiger partial charge in [-0.15, -0.1) is 0 Å². The van der Waals surface area contributed by atoms with Gasteiger partial charge in [0.1, 0.15) is 0 Å². The predicted molar refractivity (Wildman–Crippen MR) is 83.6 cm³/mol. The Morgan fingerprint density at radius 1 is 1.14 bits per heavy atom. The summed E-state index contributed by atoms with van der Waals surface area (Å²) >= 11 is 4.47. The minimum absolute atomic E-state index is 0.166. The van der Waals surface area contributed by atoms with Crippen LogP contribution in [0.25, 0.3) is 0 Å². The second-order valence-corrected chi connectivity index (χ2v) is 6.16. The second kappa shape index (κ2) is 5.83. The molecule has 2 aromatic rings. The first-order valence-electron chi connectivity index (χ1n) is 6.01. The molecule has 6 heteroatoms. The molecule has 0 aromatic heterocycles. The Morgan fingerprint density at radius 2 is 1.95 bits per heavy atom. The summed E-state index contributed by atoms with van der Waals surface area (Å²) in [5, 5.41) is 3.86. The predicted octanol–water partition coefficient (Wildman–Crippen LogP) is 3.91. The first kappa shape index (κ1) is 14.0. The minimum Gasteiger partial charge on any atom is -0.312 e. The van der Waals surface area contributed by atoms with E-state index in [1.165, 1.54) is 11.8 Å². The van der Waals surface area contributed by atoms with E-state index in [4.69, 9.17) is 4.84 Å². The highest BCUT2D eigenvalue weighted by atomic mass is 79.9. The van der Waals surface area contributed by atoms with Crippen LogP contribution in [-0.4, -0.2) is 16.8 Å². The van der Waals surface area contributed by atoms with Crippen molar-refractivity contribution in [3.63, 3.8) is 0 Å². The van der Waals surface area contributed by atoms with E-state index >= 15 is 0 Å². The summed E-state index contributed by atoms with van der Waals surface area (Å²) in [4.78, 5) is 29.6. The van der Waals surface area contributed by atoms with Gasteiger partial charge in [-0.3, -0.25) is 4.79 Å². The molecule has 0 aliphatic carbocycles. The largest absolute Gasteiger partial charge is 0.365 e. The number of thioether (sulfide) groups is 1. The van der Waals surface area contributed by atoms with Gasteiger partial charge in [-0.25, -0.2) is 4.79 Å². The molecule has 0 bridgehead atoms.